The van der Waals surface area contributed by atoms with E-state index in [1.54, 1.807) is 12.1 Å². The number of carbonyl (C=O) groups excluding carboxylic acids is 1. The Labute approximate surface area is 159 Å². The van der Waals surface area contributed by atoms with E-state index in [9.17, 15) is 9.18 Å². The van der Waals surface area contributed by atoms with Gasteiger partial charge in [-0.1, -0.05) is 13.8 Å². The number of nitrogens with two attached hydrogens (primary N) is 1. The minimum atomic E-state index is -0.374. The summed E-state index contributed by atoms with van der Waals surface area (Å²) in [6.07, 6.45) is 3.10. The molecule has 0 atom stereocenters. The smallest absolute Gasteiger partial charge is 0.226 e. The Morgan fingerprint density at radius 1 is 1.24 bits per heavy atom. The number of benzene rings is 1. The van der Waals surface area contributed by atoms with Crippen LogP contribution in [-0.2, 0) is 11.2 Å². The summed E-state index contributed by atoms with van der Waals surface area (Å²) in [6, 6.07) is 5.84. The summed E-state index contributed by atoms with van der Waals surface area (Å²) in [4.78, 5) is 16.5. The molecule has 0 bridgehead atoms. The molecule has 0 fully saturated rings. The van der Waals surface area contributed by atoms with Gasteiger partial charge in [-0.05, 0) is 37.1 Å². The molecule has 0 unspecified atom stereocenters. The molecular weight excluding hydrogens is 368 g/mol. The van der Waals surface area contributed by atoms with Crippen LogP contribution in [0.2, 0.25) is 0 Å². The van der Waals surface area contributed by atoms with E-state index in [4.69, 9.17) is 10.2 Å². The van der Waals surface area contributed by atoms with Crippen LogP contribution in [0, 0.1) is 5.82 Å². The normalized spacial score (nSPS) is 10.6. The van der Waals surface area contributed by atoms with Gasteiger partial charge in [-0.15, -0.1) is 24.8 Å². The van der Waals surface area contributed by atoms with Crippen LogP contribution in [-0.4, -0.2) is 23.0 Å². The van der Waals surface area contributed by atoms with Crippen LogP contribution in [0.25, 0.3) is 11.5 Å². The molecule has 0 aliphatic carbocycles. The lowest BCUT2D eigenvalue weighted by molar-refractivity contribution is -0.122. The highest BCUT2D eigenvalue weighted by molar-refractivity contribution is 5.85. The summed E-state index contributed by atoms with van der Waals surface area (Å²) >= 11 is 0. The SMILES string of the molecule is CCC(CC)(CN)NC(=O)Cc1coc(-c2ccc(F)cc2)n1.Cl.Cl. The van der Waals surface area contributed by atoms with Gasteiger partial charge in [0.15, 0.2) is 0 Å². The highest BCUT2D eigenvalue weighted by Gasteiger charge is 2.26. The van der Waals surface area contributed by atoms with Crippen LogP contribution in [0.15, 0.2) is 34.9 Å². The molecule has 3 N–H and O–H groups in total. The van der Waals surface area contributed by atoms with Gasteiger partial charge < -0.3 is 15.5 Å². The van der Waals surface area contributed by atoms with E-state index in [2.05, 4.69) is 10.3 Å². The molecule has 0 aliphatic rings. The van der Waals surface area contributed by atoms with Gasteiger partial charge in [0.2, 0.25) is 11.8 Å². The fourth-order valence-corrected chi connectivity index (χ4v) is 2.38. The molecule has 2 aromatic rings. The van der Waals surface area contributed by atoms with Crippen LogP contribution in [0.3, 0.4) is 0 Å². The second-order valence-corrected chi connectivity index (χ2v) is 5.57. The Morgan fingerprint density at radius 2 is 1.84 bits per heavy atom. The first-order valence-electron chi connectivity index (χ1n) is 7.73. The quantitative estimate of drug-likeness (QED) is 0.756. The van der Waals surface area contributed by atoms with Crippen LogP contribution in [0.1, 0.15) is 32.4 Å². The predicted octanol–water partition coefficient (Wildman–Crippen LogP) is 3.50. The maximum Gasteiger partial charge on any atom is 0.226 e. The monoisotopic (exact) mass is 391 g/mol. The zero-order valence-corrected chi connectivity index (χ0v) is 15.9. The summed E-state index contributed by atoms with van der Waals surface area (Å²) in [6.45, 7) is 4.39. The summed E-state index contributed by atoms with van der Waals surface area (Å²) in [5.41, 5.74) is 6.60. The van der Waals surface area contributed by atoms with Crippen molar-refractivity contribution in [1.29, 1.82) is 0 Å². The van der Waals surface area contributed by atoms with Crippen LogP contribution in [0.4, 0.5) is 4.39 Å². The number of rotatable bonds is 7. The minimum absolute atomic E-state index is 0. The summed E-state index contributed by atoms with van der Waals surface area (Å²) in [5, 5.41) is 2.99. The standard InChI is InChI=1S/C17H22FN3O2.2ClH/c1-3-17(4-2,11-19)21-15(22)9-14-10-23-16(20-14)12-5-7-13(18)8-6-12;;/h5-8,10H,3-4,9,11,19H2,1-2H3,(H,21,22);2*1H. The fraction of sp³-hybridized carbons (Fsp3) is 0.412. The molecular formula is C17H24Cl2FN3O2. The van der Waals surface area contributed by atoms with E-state index >= 15 is 0 Å². The van der Waals surface area contributed by atoms with E-state index in [0.717, 1.165) is 12.8 Å². The minimum Gasteiger partial charge on any atom is -0.444 e. The van der Waals surface area contributed by atoms with Gasteiger partial charge in [0.05, 0.1) is 17.7 Å². The number of nitrogens with zero attached hydrogens (tertiary/aromatic N) is 1. The highest BCUT2D eigenvalue weighted by Crippen LogP contribution is 2.19. The summed E-state index contributed by atoms with van der Waals surface area (Å²) in [5.74, 6) is -0.0980. The zero-order chi connectivity index (χ0) is 16.9. The Morgan fingerprint density at radius 3 is 2.36 bits per heavy atom. The topological polar surface area (TPSA) is 81.1 Å². The Balaban J connectivity index is 0.00000288. The maximum atomic E-state index is 12.9. The molecule has 0 aliphatic heterocycles. The Kier molecular flexibility index (Phi) is 9.70. The average Bonchev–Trinajstić information content (AvgIpc) is 3.02. The molecule has 1 aromatic carbocycles. The lowest BCUT2D eigenvalue weighted by Gasteiger charge is -2.31. The first-order chi connectivity index (χ1) is 11.0. The van der Waals surface area contributed by atoms with Crippen LogP contribution in [0.5, 0.6) is 0 Å². The number of hydrogen-bond acceptors (Lipinski definition) is 4. The third-order valence-electron chi connectivity index (χ3n) is 4.13. The highest BCUT2D eigenvalue weighted by atomic mass is 35.5. The Bertz CT molecular complexity index is 650. The number of halogens is 3. The molecule has 0 spiro atoms. The average molecular weight is 392 g/mol. The molecule has 0 radical (unpaired) electrons. The largest absolute Gasteiger partial charge is 0.444 e. The molecule has 140 valence electrons. The van der Waals surface area contributed by atoms with Crippen molar-refractivity contribution in [1.82, 2.24) is 10.3 Å². The second-order valence-electron chi connectivity index (χ2n) is 5.57. The summed E-state index contributed by atoms with van der Waals surface area (Å²) in [7, 11) is 0. The number of nitrogens with one attached hydrogen (secondary N) is 1. The molecule has 1 heterocycles. The molecule has 1 aromatic heterocycles. The van der Waals surface area contributed by atoms with E-state index in [1.165, 1.54) is 18.4 Å². The van der Waals surface area contributed by atoms with Crippen molar-refractivity contribution < 1.29 is 13.6 Å². The number of oxazole rings is 1. The van der Waals surface area contributed by atoms with Gasteiger partial charge >= 0.3 is 0 Å². The number of amides is 1. The fourth-order valence-electron chi connectivity index (χ4n) is 2.38. The molecule has 2 rings (SSSR count). The van der Waals surface area contributed by atoms with Gasteiger partial charge in [-0.25, -0.2) is 9.37 Å². The molecule has 8 heteroatoms. The molecule has 5 nitrogen and oxygen atoms in total. The van der Waals surface area contributed by atoms with Crippen LogP contribution >= 0.6 is 24.8 Å². The van der Waals surface area contributed by atoms with Gasteiger partial charge in [-0.2, -0.15) is 0 Å². The van der Waals surface area contributed by atoms with E-state index in [-0.39, 0.29) is 48.5 Å². The number of aromatic nitrogens is 1. The predicted molar refractivity (Wildman–Crippen MR) is 101 cm³/mol. The van der Waals surface area contributed by atoms with Gasteiger partial charge in [0, 0.05) is 12.1 Å². The molecule has 0 saturated carbocycles. The van der Waals surface area contributed by atoms with E-state index in [0.29, 0.717) is 23.7 Å². The first kappa shape index (κ1) is 23.4. The third kappa shape index (κ3) is 5.99. The maximum absolute atomic E-state index is 12.9. The number of hydrogen-bond donors (Lipinski definition) is 2. The second kappa shape index (κ2) is 10.4. The first-order valence-corrected chi connectivity index (χ1v) is 7.73. The van der Waals surface area contributed by atoms with Gasteiger partial charge in [-0.3, -0.25) is 4.79 Å². The van der Waals surface area contributed by atoms with E-state index in [1.807, 2.05) is 13.8 Å². The van der Waals surface area contributed by atoms with Crippen molar-refractivity contribution in [3.63, 3.8) is 0 Å². The van der Waals surface area contributed by atoms with Crippen LogP contribution < -0.4 is 11.1 Å². The van der Waals surface area contributed by atoms with Crippen molar-refractivity contribution in [2.24, 2.45) is 5.73 Å². The van der Waals surface area contributed by atoms with Crippen molar-refractivity contribution in [2.75, 3.05) is 6.54 Å². The molecule has 1 amide bonds. The van der Waals surface area contributed by atoms with Crippen molar-refractivity contribution in [2.45, 2.75) is 38.6 Å². The van der Waals surface area contributed by atoms with Gasteiger partial charge in [0.25, 0.3) is 0 Å². The van der Waals surface area contributed by atoms with E-state index < -0.39 is 0 Å². The number of carbonyl (C=O) groups is 1. The molecule has 0 saturated heterocycles. The lowest BCUT2D eigenvalue weighted by atomic mass is 9.92. The van der Waals surface area contributed by atoms with Crippen molar-refractivity contribution in [3.8, 4) is 11.5 Å². The van der Waals surface area contributed by atoms with Crippen molar-refractivity contribution >= 4 is 30.7 Å². The summed E-state index contributed by atoms with van der Waals surface area (Å²) < 4.78 is 18.3. The zero-order valence-electron chi connectivity index (χ0n) is 14.3. The van der Waals surface area contributed by atoms with Gasteiger partial charge in [0.1, 0.15) is 12.1 Å². The van der Waals surface area contributed by atoms with Crippen molar-refractivity contribution in [3.05, 3.63) is 42.0 Å². The molecule has 25 heavy (non-hydrogen) atoms. The Hall–Kier alpha value is -1.63. The lowest BCUT2D eigenvalue weighted by Crippen LogP contribution is -2.53. The third-order valence-corrected chi connectivity index (χ3v) is 4.13.